The minimum absolute atomic E-state index is 0.510. The van der Waals surface area contributed by atoms with Crippen molar-refractivity contribution in [2.24, 2.45) is 5.92 Å². The molecule has 1 aliphatic carbocycles. The molecule has 5 rings (SSSR count). The van der Waals surface area contributed by atoms with E-state index in [0.717, 1.165) is 32.4 Å². The van der Waals surface area contributed by atoms with E-state index in [2.05, 4.69) is 70.2 Å². The predicted molar refractivity (Wildman–Crippen MR) is 126 cm³/mol. The molecule has 2 heterocycles. The molecule has 0 radical (unpaired) electrons. The molecule has 1 N–H and O–H groups in total. The normalized spacial score (nSPS) is 20.1. The highest BCUT2D eigenvalue weighted by atomic mass is 32.1. The van der Waals surface area contributed by atoms with Crippen molar-refractivity contribution in [1.82, 2.24) is 10.3 Å². The lowest BCUT2D eigenvalue weighted by atomic mass is 9.86. The molecular formula is C26H31N3S. The lowest BCUT2D eigenvalue weighted by molar-refractivity contribution is 0.288. The number of thiazole rings is 1. The molecule has 2 atom stereocenters. The maximum atomic E-state index is 4.75. The van der Waals surface area contributed by atoms with Crippen LogP contribution in [-0.2, 0) is 19.3 Å². The van der Waals surface area contributed by atoms with Crippen molar-refractivity contribution < 1.29 is 0 Å². The van der Waals surface area contributed by atoms with Crippen LogP contribution in [0.4, 0.5) is 5.13 Å². The van der Waals surface area contributed by atoms with Gasteiger partial charge >= 0.3 is 0 Å². The van der Waals surface area contributed by atoms with Crippen LogP contribution in [0.5, 0.6) is 0 Å². The third-order valence-electron chi connectivity index (χ3n) is 6.82. The molecule has 0 saturated carbocycles. The van der Waals surface area contributed by atoms with Crippen LogP contribution in [0.15, 0.2) is 66.2 Å². The number of piperidine rings is 1. The highest BCUT2D eigenvalue weighted by Gasteiger charge is 2.32. The first-order valence-corrected chi connectivity index (χ1v) is 12.2. The van der Waals surface area contributed by atoms with Crippen molar-refractivity contribution in [2.75, 3.05) is 18.0 Å². The second kappa shape index (κ2) is 9.32. The van der Waals surface area contributed by atoms with Crippen LogP contribution in [0.1, 0.15) is 36.0 Å². The van der Waals surface area contributed by atoms with Gasteiger partial charge in [0.2, 0.25) is 0 Å². The molecule has 156 valence electrons. The van der Waals surface area contributed by atoms with Crippen LogP contribution in [0.3, 0.4) is 0 Å². The van der Waals surface area contributed by atoms with Crippen molar-refractivity contribution in [2.45, 2.75) is 50.6 Å². The number of anilines is 1. The number of nitrogens with one attached hydrogen (secondary N) is 1. The topological polar surface area (TPSA) is 28.2 Å². The van der Waals surface area contributed by atoms with Crippen molar-refractivity contribution in [3.05, 3.63) is 82.9 Å². The number of benzene rings is 2. The van der Waals surface area contributed by atoms with E-state index in [1.807, 2.05) is 6.20 Å². The van der Waals surface area contributed by atoms with Gasteiger partial charge < -0.3 is 10.2 Å². The van der Waals surface area contributed by atoms with Gasteiger partial charge in [0, 0.05) is 30.2 Å². The van der Waals surface area contributed by atoms with Crippen LogP contribution in [0.2, 0.25) is 0 Å². The van der Waals surface area contributed by atoms with Crippen LogP contribution in [0.25, 0.3) is 0 Å². The molecular weight excluding hydrogens is 386 g/mol. The van der Waals surface area contributed by atoms with Gasteiger partial charge in [-0.2, -0.15) is 0 Å². The van der Waals surface area contributed by atoms with E-state index >= 15 is 0 Å². The van der Waals surface area contributed by atoms with Crippen LogP contribution in [-0.4, -0.2) is 30.2 Å². The predicted octanol–water partition coefficient (Wildman–Crippen LogP) is 5.12. The number of hydrogen-bond donors (Lipinski definition) is 1. The summed E-state index contributed by atoms with van der Waals surface area (Å²) in [5.74, 6) is 0.584. The van der Waals surface area contributed by atoms with E-state index in [0.29, 0.717) is 18.0 Å². The van der Waals surface area contributed by atoms with Crippen LogP contribution < -0.4 is 10.2 Å². The second-order valence-electron chi connectivity index (χ2n) is 8.80. The first-order chi connectivity index (χ1) is 14.9. The summed E-state index contributed by atoms with van der Waals surface area (Å²) in [5, 5.41) is 7.16. The van der Waals surface area contributed by atoms with Crippen molar-refractivity contribution >= 4 is 16.5 Å². The van der Waals surface area contributed by atoms with E-state index in [4.69, 9.17) is 4.98 Å². The van der Waals surface area contributed by atoms with E-state index in [1.54, 1.807) is 11.3 Å². The lowest BCUT2D eigenvalue weighted by Gasteiger charge is -2.37. The molecule has 2 aliphatic rings. The van der Waals surface area contributed by atoms with Gasteiger partial charge in [-0.1, -0.05) is 61.0 Å². The Labute approximate surface area is 184 Å². The van der Waals surface area contributed by atoms with Gasteiger partial charge in [-0.3, -0.25) is 0 Å². The molecule has 0 spiro atoms. The zero-order valence-electron chi connectivity index (χ0n) is 17.5. The van der Waals surface area contributed by atoms with Crippen LogP contribution >= 0.6 is 11.3 Å². The number of fused-ring (bicyclic) bond motifs is 1. The van der Waals surface area contributed by atoms with Gasteiger partial charge in [-0.25, -0.2) is 4.98 Å². The summed E-state index contributed by atoms with van der Waals surface area (Å²) in [5.41, 5.74) is 4.47. The third kappa shape index (κ3) is 4.45. The molecule has 0 bridgehead atoms. The minimum atomic E-state index is 0.510. The Balaban J connectivity index is 1.40. The fourth-order valence-electron chi connectivity index (χ4n) is 5.28. The van der Waals surface area contributed by atoms with Gasteiger partial charge in [0.05, 0.1) is 0 Å². The summed E-state index contributed by atoms with van der Waals surface area (Å²) in [4.78, 5) is 7.39. The highest BCUT2D eigenvalue weighted by molar-refractivity contribution is 7.13. The van der Waals surface area contributed by atoms with Crippen molar-refractivity contribution in [3.8, 4) is 0 Å². The molecule has 1 aromatic heterocycles. The Morgan fingerprint density at radius 2 is 1.77 bits per heavy atom. The monoisotopic (exact) mass is 417 g/mol. The highest BCUT2D eigenvalue weighted by Crippen LogP contribution is 2.32. The van der Waals surface area contributed by atoms with Gasteiger partial charge in [-0.15, -0.1) is 11.3 Å². The molecule has 1 saturated heterocycles. The molecule has 1 fully saturated rings. The van der Waals surface area contributed by atoms with Crippen LogP contribution in [0, 0.1) is 5.92 Å². The van der Waals surface area contributed by atoms with Crippen molar-refractivity contribution in [3.63, 3.8) is 0 Å². The molecule has 4 heteroatoms. The Morgan fingerprint density at radius 1 is 1.00 bits per heavy atom. The lowest BCUT2D eigenvalue weighted by Crippen LogP contribution is -2.48. The summed E-state index contributed by atoms with van der Waals surface area (Å²) in [6.45, 7) is 2.22. The third-order valence-corrected chi connectivity index (χ3v) is 7.63. The molecule has 2 aromatic carbocycles. The average molecular weight is 418 g/mol. The fourth-order valence-corrected chi connectivity index (χ4v) is 6.01. The maximum Gasteiger partial charge on any atom is 0.185 e. The molecule has 1 aliphatic heterocycles. The van der Waals surface area contributed by atoms with Gasteiger partial charge in [0.25, 0.3) is 0 Å². The molecule has 30 heavy (non-hydrogen) atoms. The summed E-state index contributed by atoms with van der Waals surface area (Å²) in [6.07, 6.45) is 9.28. The van der Waals surface area contributed by atoms with Gasteiger partial charge in [-0.05, 0) is 61.3 Å². The number of aromatic nitrogens is 1. The van der Waals surface area contributed by atoms with Crippen molar-refractivity contribution in [1.29, 1.82) is 0 Å². The Hall–Kier alpha value is -2.17. The molecule has 3 aromatic rings. The van der Waals surface area contributed by atoms with E-state index in [9.17, 15) is 0 Å². The maximum absolute atomic E-state index is 4.75. The quantitative estimate of drug-likeness (QED) is 0.578. The average Bonchev–Trinajstić information content (AvgIpc) is 3.48. The molecule has 0 amide bonds. The first kappa shape index (κ1) is 19.8. The summed E-state index contributed by atoms with van der Waals surface area (Å²) in [6, 6.07) is 21.1. The standard InChI is InChI=1S/C26H31N3S/c1-2-8-20(9-3-1)16-23(25-12-6-7-13-27-25)19-29(26-28-14-15-30-26)24-17-21-10-4-5-11-22(21)18-24/h1-5,8-11,14-15,23-25,27H,6-7,12-13,16-19H2. The Bertz CT molecular complexity index is 893. The van der Waals surface area contributed by atoms with E-state index in [1.165, 1.54) is 41.1 Å². The summed E-state index contributed by atoms with van der Waals surface area (Å²) >= 11 is 1.79. The largest absolute Gasteiger partial charge is 0.344 e. The zero-order chi connectivity index (χ0) is 20.2. The van der Waals surface area contributed by atoms with E-state index < -0.39 is 0 Å². The van der Waals surface area contributed by atoms with Gasteiger partial charge in [0.1, 0.15) is 0 Å². The second-order valence-corrected chi connectivity index (χ2v) is 9.68. The zero-order valence-corrected chi connectivity index (χ0v) is 18.4. The minimum Gasteiger partial charge on any atom is -0.344 e. The number of hydrogen-bond acceptors (Lipinski definition) is 4. The molecule has 2 unspecified atom stereocenters. The Kier molecular flexibility index (Phi) is 6.14. The SMILES string of the molecule is c1ccc(CC(CN(c2nccs2)C2Cc3ccccc3C2)C2CCCCN2)cc1. The smallest absolute Gasteiger partial charge is 0.185 e. The number of nitrogens with zero attached hydrogens (tertiary/aromatic N) is 2. The number of rotatable bonds is 7. The fraction of sp³-hybridized carbons (Fsp3) is 0.423. The Morgan fingerprint density at radius 3 is 2.43 bits per heavy atom. The molecule has 3 nitrogen and oxygen atoms in total. The summed E-state index contributed by atoms with van der Waals surface area (Å²) < 4.78 is 0. The first-order valence-electron chi connectivity index (χ1n) is 11.4. The van der Waals surface area contributed by atoms with Gasteiger partial charge in [0.15, 0.2) is 5.13 Å². The summed E-state index contributed by atoms with van der Waals surface area (Å²) in [7, 11) is 0. The van der Waals surface area contributed by atoms with E-state index in [-0.39, 0.29) is 0 Å².